The van der Waals surface area contributed by atoms with Crippen molar-refractivity contribution in [1.82, 2.24) is 5.32 Å². The van der Waals surface area contributed by atoms with Crippen LogP contribution in [0.25, 0.3) is 0 Å². The lowest BCUT2D eigenvalue weighted by molar-refractivity contribution is 0.00124. The minimum Gasteiger partial charge on any atom is -0.398 e. The summed E-state index contributed by atoms with van der Waals surface area (Å²) in [4.78, 5) is 15.1. The van der Waals surface area contributed by atoms with E-state index in [2.05, 4.69) is 10.2 Å². The van der Waals surface area contributed by atoms with Crippen LogP contribution >= 0.6 is 0 Å². The van der Waals surface area contributed by atoms with Crippen LogP contribution in [0, 0.1) is 5.41 Å². The number of nitrogen functional groups attached to an aromatic ring is 1. The number of ether oxygens (including phenoxy) is 1. The van der Waals surface area contributed by atoms with Crippen LogP contribution in [0.2, 0.25) is 0 Å². The lowest BCUT2D eigenvalue weighted by Crippen LogP contribution is -2.58. The molecule has 180 valence electrons. The van der Waals surface area contributed by atoms with Crippen molar-refractivity contribution in [2.45, 2.75) is 37.6 Å². The van der Waals surface area contributed by atoms with Crippen molar-refractivity contribution in [1.29, 1.82) is 5.41 Å². The first kappa shape index (κ1) is 23.1. The topological polar surface area (TPSA) is 112 Å². The molecule has 5 rings (SSSR count). The second-order valence-corrected chi connectivity index (χ2v) is 9.27. The third kappa shape index (κ3) is 4.92. The Kier molecular flexibility index (Phi) is 6.53. The second-order valence-electron chi connectivity index (χ2n) is 9.27. The lowest BCUT2D eigenvalue weighted by atomic mass is 9.91. The number of rotatable bonds is 6. The van der Waals surface area contributed by atoms with Crippen LogP contribution in [0.3, 0.4) is 0 Å². The van der Waals surface area contributed by atoms with Crippen molar-refractivity contribution < 1.29 is 14.6 Å². The number of nitrogens with zero attached hydrogens (tertiary/aromatic N) is 1. The molecule has 0 saturated carbocycles. The Morgan fingerprint density at radius 2 is 1.66 bits per heavy atom. The fraction of sp³-hybridized carbons (Fsp3) is 0.286. The zero-order valence-electron chi connectivity index (χ0n) is 19.5. The Labute approximate surface area is 205 Å². The van der Waals surface area contributed by atoms with Gasteiger partial charge in [0, 0.05) is 34.6 Å². The summed E-state index contributed by atoms with van der Waals surface area (Å²) in [5, 5.41) is 21.8. The predicted molar refractivity (Wildman–Crippen MR) is 137 cm³/mol. The third-order valence-corrected chi connectivity index (χ3v) is 6.83. The molecular formula is C28H30N4O3. The number of aliphatic hydroxyl groups is 1. The van der Waals surface area contributed by atoms with E-state index in [0.29, 0.717) is 49.4 Å². The largest absolute Gasteiger partial charge is 0.398 e. The summed E-state index contributed by atoms with van der Waals surface area (Å²) in [6.07, 6.45) is 1.12. The number of carbonyl (C=O) groups excluding carboxylic acids is 1. The van der Waals surface area contributed by atoms with Crippen LogP contribution in [0.5, 0.6) is 0 Å². The molecule has 7 heteroatoms. The van der Waals surface area contributed by atoms with E-state index in [1.54, 1.807) is 18.2 Å². The van der Waals surface area contributed by atoms with Crippen LogP contribution < -0.4 is 16.0 Å². The summed E-state index contributed by atoms with van der Waals surface area (Å²) >= 11 is 0. The molecule has 5 N–H and O–H groups in total. The molecule has 2 fully saturated rings. The van der Waals surface area contributed by atoms with Crippen molar-refractivity contribution >= 4 is 23.0 Å². The quantitative estimate of drug-likeness (QED) is 0.326. The van der Waals surface area contributed by atoms with Gasteiger partial charge in [-0.05, 0) is 48.7 Å². The van der Waals surface area contributed by atoms with Crippen LogP contribution in [-0.4, -0.2) is 48.1 Å². The number of hydrogen-bond acceptors (Lipinski definition) is 6. The van der Waals surface area contributed by atoms with E-state index in [0.717, 1.165) is 16.8 Å². The molecule has 3 aromatic rings. The molecule has 2 unspecified atom stereocenters. The summed E-state index contributed by atoms with van der Waals surface area (Å²) in [7, 11) is 0. The highest BCUT2D eigenvalue weighted by Crippen LogP contribution is 2.33. The zero-order valence-corrected chi connectivity index (χ0v) is 19.5. The molecule has 2 atom stereocenters. The normalized spacial score (nSPS) is 21.4. The van der Waals surface area contributed by atoms with E-state index < -0.39 is 0 Å². The van der Waals surface area contributed by atoms with Crippen molar-refractivity contribution in [2.24, 2.45) is 0 Å². The molecule has 1 amide bonds. The summed E-state index contributed by atoms with van der Waals surface area (Å²) in [6.45, 7) is 1.65. The van der Waals surface area contributed by atoms with Crippen LogP contribution in [0.15, 0.2) is 72.8 Å². The molecule has 2 heterocycles. The second kappa shape index (κ2) is 9.90. The first-order valence-electron chi connectivity index (χ1n) is 11.9. The van der Waals surface area contributed by atoms with Gasteiger partial charge in [0.05, 0.1) is 37.1 Å². The standard InChI is InChI=1S/C28H30N4O3/c29-26-11-8-20(28(34)31-15-18-4-2-1-3-5-18)12-25(26)27(30)19-6-9-21(10-7-19)32-22-13-24(33)14-23(32)17-35-16-22/h1-12,22-24,30,33H,13-17,29H2,(H,31,34). The first-order chi connectivity index (χ1) is 17.0. The number of nitrogens with two attached hydrogens (primary N) is 1. The number of aliphatic hydroxyl groups excluding tert-OH is 1. The lowest BCUT2D eigenvalue weighted by Gasteiger charge is -2.48. The molecule has 35 heavy (non-hydrogen) atoms. The molecule has 0 aliphatic carbocycles. The van der Waals surface area contributed by atoms with Gasteiger partial charge in [0.15, 0.2) is 0 Å². The Morgan fingerprint density at radius 3 is 2.34 bits per heavy atom. The van der Waals surface area contributed by atoms with Gasteiger partial charge in [-0.1, -0.05) is 42.5 Å². The molecule has 2 bridgehead atoms. The maximum atomic E-state index is 12.7. The smallest absolute Gasteiger partial charge is 0.251 e. The number of amides is 1. The minimum absolute atomic E-state index is 0.157. The van der Waals surface area contributed by atoms with Gasteiger partial charge >= 0.3 is 0 Å². The highest BCUT2D eigenvalue weighted by atomic mass is 16.5. The summed E-state index contributed by atoms with van der Waals surface area (Å²) in [5.74, 6) is -0.209. The minimum atomic E-state index is -0.280. The number of nitrogens with one attached hydrogen (secondary N) is 2. The van der Waals surface area contributed by atoms with Crippen molar-refractivity contribution in [3.63, 3.8) is 0 Å². The summed E-state index contributed by atoms with van der Waals surface area (Å²) in [6, 6.07) is 22.9. The van der Waals surface area contributed by atoms with E-state index in [9.17, 15) is 9.90 Å². The van der Waals surface area contributed by atoms with Gasteiger partial charge in [-0.25, -0.2) is 0 Å². The van der Waals surface area contributed by atoms with Crippen LogP contribution in [0.1, 0.15) is 39.9 Å². The number of fused-ring (bicyclic) bond motifs is 2. The SMILES string of the molecule is N=C(c1ccc(N2C3COCC2CC(O)C3)cc1)c1cc(C(=O)NCc2ccccc2)ccc1N. The van der Waals surface area contributed by atoms with Gasteiger partial charge < -0.3 is 25.8 Å². The van der Waals surface area contributed by atoms with Crippen molar-refractivity contribution in [3.05, 3.63) is 95.1 Å². The number of carbonyl (C=O) groups is 1. The van der Waals surface area contributed by atoms with Crippen molar-refractivity contribution in [3.8, 4) is 0 Å². The van der Waals surface area contributed by atoms with Gasteiger partial charge in [0.25, 0.3) is 5.91 Å². The van der Waals surface area contributed by atoms with Crippen LogP contribution in [0.4, 0.5) is 11.4 Å². The van der Waals surface area contributed by atoms with E-state index in [1.165, 1.54) is 0 Å². The fourth-order valence-corrected chi connectivity index (χ4v) is 5.06. The Balaban J connectivity index is 1.31. The van der Waals surface area contributed by atoms with Crippen molar-refractivity contribution in [2.75, 3.05) is 23.8 Å². The Hall–Kier alpha value is -3.68. The number of benzene rings is 3. The highest BCUT2D eigenvalue weighted by molar-refractivity contribution is 6.15. The molecular weight excluding hydrogens is 440 g/mol. The molecule has 2 aliphatic rings. The number of morpholine rings is 1. The number of piperidine rings is 1. The first-order valence-corrected chi connectivity index (χ1v) is 11.9. The van der Waals surface area contributed by atoms with E-state index in [1.807, 2.05) is 54.6 Å². The van der Waals surface area contributed by atoms with E-state index in [-0.39, 0.29) is 29.8 Å². The highest BCUT2D eigenvalue weighted by Gasteiger charge is 2.38. The van der Waals surface area contributed by atoms with Crippen LogP contribution in [-0.2, 0) is 11.3 Å². The average molecular weight is 471 g/mol. The molecule has 0 aromatic heterocycles. The molecule has 2 saturated heterocycles. The molecule has 3 aromatic carbocycles. The molecule has 0 radical (unpaired) electrons. The van der Waals surface area contributed by atoms with E-state index >= 15 is 0 Å². The Bertz CT molecular complexity index is 1200. The molecule has 2 aliphatic heterocycles. The zero-order chi connectivity index (χ0) is 24.4. The van der Waals surface area contributed by atoms with Gasteiger partial charge in [0.2, 0.25) is 0 Å². The molecule has 7 nitrogen and oxygen atoms in total. The predicted octanol–water partition coefficient (Wildman–Crippen LogP) is 3.34. The Morgan fingerprint density at radius 1 is 1.00 bits per heavy atom. The van der Waals surface area contributed by atoms with Gasteiger partial charge in [0.1, 0.15) is 0 Å². The summed E-state index contributed by atoms with van der Waals surface area (Å²) < 4.78 is 5.71. The van der Waals surface area contributed by atoms with Gasteiger partial charge in [-0.15, -0.1) is 0 Å². The molecule has 0 spiro atoms. The number of anilines is 2. The number of hydrogen-bond donors (Lipinski definition) is 4. The van der Waals surface area contributed by atoms with Gasteiger partial charge in [-0.2, -0.15) is 0 Å². The monoisotopic (exact) mass is 470 g/mol. The van der Waals surface area contributed by atoms with E-state index in [4.69, 9.17) is 15.9 Å². The maximum absolute atomic E-state index is 12.7. The fourth-order valence-electron chi connectivity index (χ4n) is 5.06. The van der Waals surface area contributed by atoms with Gasteiger partial charge in [-0.3, -0.25) is 10.2 Å². The summed E-state index contributed by atoms with van der Waals surface area (Å²) in [5.41, 5.74) is 10.7. The average Bonchev–Trinajstić information content (AvgIpc) is 2.87. The maximum Gasteiger partial charge on any atom is 0.251 e. The third-order valence-electron chi connectivity index (χ3n) is 6.83.